The number of carbonyl (C=O) groups is 2. The van der Waals surface area contributed by atoms with Gasteiger partial charge in [0, 0.05) is 12.2 Å². The van der Waals surface area contributed by atoms with Crippen LogP contribution in [0.1, 0.15) is 19.8 Å². The lowest BCUT2D eigenvalue weighted by Gasteiger charge is -2.21. The van der Waals surface area contributed by atoms with Crippen molar-refractivity contribution in [2.24, 2.45) is 5.92 Å². The van der Waals surface area contributed by atoms with Crippen LogP contribution >= 0.6 is 12.4 Å². The second-order valence-electron chi connectivity index (χ2n) is 5.27. The summed E-state index contributed by atoms with van der Waals surface area (Å²) in [5, 5.41) is 8.62. The van der Waals surface area contributed by atoms with Gasteiger partial charge in [-0.15, -0.1) is 12.4 Å². The standard InChI is InChI=1S/C16H23N3O3.ClH/c1-2-22-14-7-5-13(6-8-14)19-15(20)11-18-16(21)12-4-3-9-17-10-12;/h5-8,12,17H,2-4,9-11H2,1H3,(H,18,21)(H,19,20);1H. The molecule has 0 aliphatic carbocycles. The zero-order valence-electron chi connectivity index (χ0n) is 13.3. The average Bonchev–Trinajstić information content (AvgIpc) is 2.55. The molecule has 1 atom stereocenters. The second kappa shape index (κ2) is 10.1. The van der Waals surface area contributed by atoms with Crippen LogP contribution in [0.3, 0.4) is 0 Å². The van der Waals surface area contributed by atoms with Gasteiger partial charge in [0.15, 0.2) is 0 Å². The van der Waals surface area contributed by atoms with Gasteiger partial charge in [0.1, 0.15) is 5.75 Å². The Morgan fingerprint density at radius 3 is 2.65 bits per heavy atom. The van der Waals surface area contributed by atoms with E-state index in [4.69, 9.17) is 4.74 Å². The van der Waals surface area contributed by atoms with E-state index < -0.39 is 0 Å². The normalized spacial score (nSPS) is 16.8. The van der Waals surface area contributed by atoms with E-state index in [0.29, 0.717) is 18.8 Å². The van der Waals surface area contributed by atoms with Crippen molar-refractivity contribution in [1.29, 1.82) is 0 Å². The highest BCUT2D eigenvalue weighted by molar-refractivity contribution is 5.94. The number of halogens is 1. The number of hydrogen-bond acceptors (Lipinski definition) is 4. The number of hydrogen-bond donors (Lipinski definition) is 3. The summed E-state index contributed by atoms with van der Waals surface area (Å²) in [4.78, 5) is 23.8. The van der Waals surface area contributed by atoms with Crippen LogP contribution in [0.2, 0.25) is 0 Å². The lowest BCUT2D eigenvalue weighted by Crippen LogP contribution is -2.42. The smallest absolute Gasteiger partial charge is 0.243 e. The van der Waals surface area contributed by atoms with Gasteiger partial charge in [0.25, 0.3) is 0 Å². The van der Waals surface area contributed by atoms with Crippen molar-refractivity contribution in [2.45, 2.75) is 19.8 Å². The number of anilines is 1. The molecule has 0 saturated carbocycles. The van der Waals surface area contributed by atoms with Crippen LogP contribution < -0.4 is 20.7 Å². The van der Waals surface area contributed by atoms with Gasteiger partial charge < -0.3 is 20.7 Å². The Balaban J connectivity index is 0.00000264. The van der Waals surface area contributed by atoms with Crippen molar-refractivity contribution in [3.05, 3.63) is 24.3 Å². The first-order valence-electron chi connectivity index (χ1n) is 7.70. The van der Waals surface area contributed by atoms with Gasteiger partial charge in [-0.25, -0.2) is 0 Å². The molecule has 6 nitrogen and oxygen atoms in total. The number of carbonyl (C=O) groups excluding carboxylic acids is 2. The predicted octanol–water partition coefficient (Wildman–Crippen LogP) is 1.56. The molecule has 1 aliphatic rings. The highest BCUT2D eigenvalue weighted by atomic mass is 35.5. The van der Waals surface area contributed by atoms with Gasteiger partial charge in [-0.05, 0) is 50.6 Å². The van der Waals surface area contributed by atoms with Crippen molar-refractivity contribution in [3.8, 4) is 5.75 Å². The first-order chi connectivity index (χ1) is 10.7. The lowest BCUT2D eigenvalue weighted by molar-refractivity contribution is -0.127. The molecule has 23 heavy (non-hydrogen) atoms. The molecule has 1 unspecified atom stereocenters. The summed E-state index contributed by atoms with van der Waals surface area (Å²) in [6, 6.07) is 7.14. The Labute approximate surface area is 142 Å². The highest BCUT2D eigenvalue weighted by Crippen LogP contribution is 2.15. The van der Waals surface area contributed by atoms with Crippen molar-refractivity contribution >= 4 is 29.9 Å². The van der Waals surface area contributed by atoms with Gasteiger partial charge in [-0.1, -0.05) is 0 Å². The molecule has 0 aromatic heterocycles. The number of ether oxygens (including phenoxy) is 1. The minimum Gasteiger partial charge on any atom is -0.494 e. The molecule has 2 amide bonds. The largest absolute Gasteiger partial charge is 0.494 e. The van der Waals surface area contributed by atoms with E-state index in [9.17, 15) is 9.59 Å². The van der Waals surface area contributed by atoms with Gasteiger partial charge >= 0.3 is 0 Å². The molecule has 1 heterocycles. The first-order valence-corrected chi connectivity index (χ1v) is 7.70. The first kappa shape index (κ1) is 19.3. The molecule has 1 saturated heterocycles. The van der Waals surface area contributed by atoms with Crippen molar-refractivity contribution in [1.82, 2.24) is 10.6 Å². The van der Waals surface area contributed by atoms with Gasteiger partial charge in [0.2, 0.25) is 11.8 Å². The summed E-state index contributed by atoms with van der Waals surface area (Å²) in [7, 11) is 0. The number of amides is 2. The molecule has 0 spiro atoms. The molecular weight excluding hydrogens is 318 g/mol. The molecule has 0 radical (unpaired) electrons. The van der Waals surface area contributed by atoms with E-state index in [1.165, 1.54) is 0 Å². The topological polar surface area (TPSA) is 79.5 Å². The molecule has 7 heteroatoms. The molecule has 1 aromatic rings. The Bertz CT molecular complexity index is 502. The highest BCUT2D eigenvalue weighted by Gasteiger charge is 2.20. The molecule has 0 bridgehead atoms. The lowest BCUT2D eigenvalue weighted by atomic mass is 9.99. The Kier molecular flexibility index (Phi) is 8.43. The van der Waals surface area contributed by atoms with Crippen molar-refractivity contribution in [2.75, 3.05) is 31.6 Å². The Morgan fingerprint density at radius 2 is 2.04 bits per heavy atom. The third kappa shape index (κ3) is 6.46. The van der Waals surface area contributed by atoms with E-state index >= 15 is 0 Å². The summed E-state index contributed by atoms with van der Waals surface area (Å²) in [6.45, 7) is 4.16. The molecule has 2 rings (SSSR count). The van der Waals surface area contributed by atoms with Crippen LogP contribution in [0.5, 0.6) is 5.75 Å². The van der Waals surface area contributed by atoms with E-state index in [0.717, 1.165) is 25.1 Å². The van der Waals surface area contributed by atoms with Crippen molar-refractivity contribution in [3.63, 3.8) is 0 Å². The van der Waals surface area contributed by atoms with Crippen LogP contribution in [-0.4, -0.2) is 38.1 Å². The van der Waals surface area contributed by atoms with E-state index in [1.54, 1.807) is 24.3 Å². The maximum Gasteiger partial charge on any atom is 0.243 e. The Hall–Kier alpha value is -1.79. The SMILES string of the molecule is CCOc1ccc(NC(=O)CNC(=O)C2CCCNC2)cc1.Cl. The average molecular weight is 342 g/mol. The maximum atomic E-state index is 11.9. The molecule has 1 aliphatic heterocycles. The van der Waals surface area contributed by atoms with Crippen LogP contribution in [0.4, 0.5) is 5.69 Å². The molecule has 1 aromatic carbocycles. The van der Waals surface area contributed by atoms with Crippen LogP contribution in [0.25, 0.3) is 0 Å². The van der Waals surface area contributed by atoms with E-state index in [1.807, 2.05) is 6.92 Å². The summed E-state index contributed by atoms with van der Waals surface area (Å²) in [6.07, 6.45) is 1.87. The van der Waals surface area contributed by atoms with Gasteiger partial charge in [0.05, 0.1) is 19.1 Å². The maximum absolute atomic E-state index is 11.9. The summed E-state index contributed by atoms with van der Waals surface area (Å²) in [5.41, 5.74) is 0.682. The third-order valence-electron chi connectivity index (χ3n) is 3.54. The van der Waals surface area contributed by atoms with E-state index in [2.05, 4.69) is 16.0 Å². The van der Waals surface area contributed by atoms with Crippen LogP contribution in [-0.2, 0) is 9.59 Å². The number of rotatable bonds is 6. The zero-order valence-corrected chi connectivity index (χ0v) is 14.1. The fourth-order valence-electron chi connectivity index (χ4n) is 2.39. The van der Waals surface area contributed by atoms with Crippen molar-refractivity contribution < 1.29 is 14.3 Å². The fourth-order valence-corrected chi connectivity index (χ4v) is 2.39. The molecule has 3 N–H and O–H groups in total. The molecule has 128 valence electrons. The van der Waals surface area contributed by atoms with Crippen LogP contribution in [0.15, 0.2) is 24.3 Å². The second-order valence-corrected chi connectivity index (χ2v) is 5.27. The fraction of sp³-hybridized carbons (Fsp3) is 0.500. The van der Waals surface area contributed by atoms with E-state index in [-0.39, 0.29) is 36.7 Å². The predicted molar refractivity (Wildman–Crippen MR) is 92.1 cm³/mol. The minimum absolute atomic E-state index is 0. The summed E-state index contributed by atoms with van der Waals surface area (Å²) in [5.74, 6) is 0.431. The molecule has 1 fully saturated rings. The van der Waals surface area contributed by atoms with Gasteiger partial charge in [-0.3, -0.25) is 9.59 Å². The number of benzene rings is 1. The van der Waals surface area contributed by atoms with Crippen LogP contribution in [0, 0.1) is 5.92 Å². The minimum atomic E-state index is -0.235. The number of piperidine rings is 1. The Morgan fingerprint density at radius 1 is 1.30 bits per heavy atom. The number of nitrogens with one attached hydrogen (secondary N) is 3. The third-order valence-corrected chi connectivity index (χ3v) is 3.54. The van der Waals surface area contributed by atoms with Gasteiger partial charge in [-0.2, -0.15) is 0 Å². The quantitative estimate of drug-likeness (QED) is 0.733. The summed E-state index contributed by atoms with van der Waals surface area (Å²) >= 11 is 0. The monoisotopic (exact) mass is 341 g/mol. The molecular formula is C16H24ClN3O3. The summed E-state index contributed by atoms with van der Waals surface area (Å²) < 4.78 is 5.34. The zero-order chi connectivity index (χ0) is 15.8.